The molecule has 0 saturated carbocycles. The molecule has 0 aliphatic rings. The third-order valence-corrected chi connectivity index (χ3v) is 3.89. The molecule has 0 aliphatic heterocycles. The number of amides is 1. The quantitative estimate of drug-likeness (QED) is 0.728. The van der Waals surface area contributed by atoms with Crippen molar-refractivity contribution < 1.29 is 33.0 Å². The zero-order chi connectivity index (χ0) is 19.1. The highest BCUT2D eigenvalue weighted by molar-refractivity contribution is 7.13. The average Bonchev–Trinajstić information content (AvgIpc) is 3.05. The lowest BCUT2D eigenvalue weighted by Crippen LogP contribution is -2.21. The second-order valence-corrected chi connectivity index (χ2v) is 5.73. The van der Waals surface area contributed by atoms with E-state index in [0.717, 1.165) is 17.4 Å². The minimum Gasteiger partial charge on any atom is -0.497 e. The fourth-order valence-electron chi connectivity index (χ4n) is 1.82. The third kappa shape index (κ3) is 5.24. The van der Waals surface area contributed by atoms with Gasteiger partial charge in [-0.05, 0) is 12.1 Å². The summed E-state index contributed by atoms with van der Waals surface area (Å²) < 4.78 is 27.9. The molecule has 1 amide bonds. The Balaban J connectivity index is 1.86. The van der Waals surface area contributed by atoms with Crippen LogP contribution in [-0.4, -0.2) is 43.7 Å². The molecular weight excluding hydrogens is 367 g/mol. The van der Waals surface area contributed by atoms with Crippen LogP contribution in [0.15, 0.2) is 23.6 Å². The molecule has 10 heteroatoms. The first-order valence-electron chi connectivity index (χ1n) is 7.24. The molecule has 2 rings (SSSR count). The molecule has 0 saturated heterocycles. The Morgan fingerprint density at radius 3 is 2.69 bits per heavy atom. The van der Waals surface area contributed by atoms with Gasteiger partial charge in [0, 0.05) is 11.4 Å². The largest absolute Gasteiger partial charge is 0.497 e. The van der Waals surface area contributed by atoms with Crippen molar-refractivity contribution in [3.63, 3.8) is 0 Å². The summed E-state index contributed by atoms with van der Waals surface area (Å²) in [6, 6.07) is 3.64. The summed E-state index contributed by atoms with van der Waals surface area (Å²) >= 11 is 1.10. The number of esters is 2. The first-order valence-corrected chi connectivity index (χ1v) is 8.12. The van der Waals surface area contributed by atoms with Crippen molar-refractivity contribution in [2.45, 2.75) is 6.42 Å². The number of benzene rings is 1. The van der Waals surface area contributed by atoms with Gasteiger partial charge >= 0.3 is 11.9 Å². The standard InChI is InChI=1S/C16H15FN2O6S/c1-23-10-3-4-11(12(17)6-10)15(22)25-7-13(20)19-16-18-9(8-26-16)5-14(21)24-2/h3-4,6,8H,5,7H2,1-2H3,(H,18,19,20). The maximum absolute atomic E-state index is 13.8. The Hall–Kier alpha value is -3.01. The van der Waals surface area contributed by atoms with Crippen LogP contribution >= 0.6 is 11.3 Å². The summed E-state index contributed by atoms with van der Waals surface area (Å²) in [6.07, 6.45) is -0.0192. The number of halogens is 1. The topological polar surface area (TPSA) is 104 Å². The molecular formula is C16H15FN2O6S. The van der Waals surface area contributed by atoms with Crippen LogP contribution < -0.4 is 10.1 Å². The molecule has 0 atom stereocenters. The van der Waals surface area contributed by atoms with Gasteiger partial charge in [-0.3, -0.25) is 14.9 Å². The summed E-state index contributed by atoms with van der Waals surface area (Å²) in [5, 5.41) is 4.24. The van der Waals surface area contributed by atoms with Gasteiger partial charge in [0.2, 0.25) is 0 Å². The van der Waals surface area contributed by atoms with Gasteiger partial charge in [-0.15, -0.1) is 11.3 Å². The maximum atomic E-state index is 13.8. The van der Waals surface area contributed by atoms with Crippen molar-refractivity contribution in [2.24, 2.45) is 0 Å². The van der Waals surface area contributed by atoms with Crippen molar-refractivity contribution in [2.75, 3.05) is 26.1 Å². The molecule has 0 unspecified atom stereocenters. The Kier molecular flexibility index (Phi) is 6.61. The molecule has 1 N–H and O–H groups in total. The molecule has 138 valence electrons. The van der Waals surface area contributed by atoms with E-state index in [1.165, 1.54) is 26.4 Å². The van der Waals surface area contributed by atoms with Gasteiger partial charge in [0.25, 0.3) is 5.91 Å². The lowest BCUT2D eigenvalue weighted by atomic mass is 10.2. The minimum absolute atomic E-state index is 0.0192. The number of anilines is 1. The number of aromatic nitrogens is 1. The zero-order valence-electron chi connectivity index (χ0n) is 13.9. The maximum Gasteiger partial charge on any atom is 0.341 e. The molecule has 1 aromatic heterocycles. The van der Waals surface area contributed by atoms with E-state index >= 15 is 0 Å². The number of thiazole rings is 1. The smallest absolute Gasteiger partial charge is 0.341 e. The molecule has 0 radical (unpaired) electrons. The van der Waals surface area contributed by atoms with Crippen LogP contribution in [0.2, 0.25) is 0 Å². The van der Waals surface area contributed by atoms with E-state index in [4.69, 9.17) is 9.47 Å². The summed E-state index contributed by atoms with van der Waals surface area (Å²) in [5.74, 6) is -2.65. The van der Waals surface area contributed by atoms with Crippen molar-refractivity contribution in [1.82, 2.24) is 4.98 Å². The Morgan fingerprint density at radius 2 is 2.04 bits per heavy atom. The van der Waals surface area contributed by atoms with Crippen LogP contribution in [0.1, 0.15) is 16.1 Å². The Labute approximate surface area is 151 Å². The number of ether oxygens (including phenoxy) is 3. The highest BCUT2D eigenvalue weighted by Crippen LogP contribution is 2.18. The first kappa shape index (κ1) is 19.3. The summed E-state index contributed by atoms with van der Waals surface area (Å²) in [5.41, 5.74) is 0.127. The Morgan fingerprint density at radius 1 is 1.27 bits per heavy atom. The number of carbonyl (C=O) groups excluding carboxylic acids is 3. The van der Waals surface area contributed by atoms with Crippen molar-refractivity contribution in [3.05, 3.63) is 40.7 Å². The highest BCUT2D eigenvalue weighted by atomic mass is 32.1. The Bertz CT molecular complexity index is 823. The molecule has 1 aromatic carbocycles. The molecule has 2 aromatic rings. The third-order valence-electron chi connectivity index (χ3n) is 3.08. The zero-order valence-corrected chi connectivity index (χ0v) is 14.7. The van der Waals surface area contributed by atoms with Gasteiger partial charge in [0.05, 0.1) is 31.9 Å². The molecule has 26 heavy (non-hydrogen) atoms. The molecule has 0 aliphatic carbocycles. The molecule has 0 spiro atoms. The summed E-state index contributed by atoms with van der Waals surface area (Å²) in [6.45, 7) is -0.615. The molecule has 0 bridgehead atoms. The number of hydrogen-bond donors (Lipinski definition) is 1. The predicted molar refractivity (Wildman–Crippen MR) is 89.7 cm³/mol. The number of methoxy groups -OCH3 is 2. The second kappa shape index (κ2) is 8.90. The molecule has 8 nitrogen and oxygen atoms in total. The van der Waals surface area contributed by atoms with Crippen LogP contribution in [0.4, 0.5) is 9.52 Å². The van der Waals surface area contributed by atoms with Crippen LogP contribution in [-0.2, 0) is 25.5 Å². The van der Waals surface area contributed by atoms with Crippen molar-refractivity contribution in [1.29, 1.82) is 0 Å². The first-order chi connectivity index (χ1) is 12.4. The minimum atomic E-state index is -0.981. The van der Waals surface area contributed by atoms with Gasteiger partial charge in [-0.1, -0.05) is 0 Å². The van der Waals surface area contributed by atoms with E-state index < -0.39 is 30.3 Å². The van der Waals surface area contributed by atoms with Gasteiger partial charge < -0.3 is 14.2 Å². The highest BCUT2D eigenvalue weighted by Gasteiger charge is 2.16. The second-order valence-electron chi connectivity index (χ2n) is 4.87. The lowest BCUT2D eigenvalue weighted by molar-refractivity contribution is -0.139. The number of carbonyl (C=O) groups is 3. The summed E-state index contributed by atoms with van der Waals surface area (Å²) in [7, 11) is 2.63. The number of nitrogens with one attached hydrogen (secondary N) is 1. The van der Waals surface area contributed by atoms with Crippen LogP contribution in [0.5, 0.6) is 5.75 Å². The van der Waals surface area contributed by atoms with E-state index in [0.29, 0.717) is 5.69 Å². The predicted octanol–water partition coefficient (Wildman–Crippen LogP) is 1.80. The van der Waals surface area contributed by atoms with E-state index in [1.807, 2.05) is 0 Å². The average molecular weight is 382 g/mol. The lowest BCUT2D eigenvalue weighted by Gasteiger charge is -2.06. The number of nitrogens with zero attached hydrogens (tertiary/aromatic N) is 1. The van der Waals surface area contributed by atoms with E-state index in [2.05, 4.69) is 15.0 Å². The van der Waals surface area contributed by atoms with Crippen molar-refractivity contribution >= 4 is 34.3 Å². The van der Waals surface area contributed by atoms with Gasteiger partial charge in [0.1, 0.15) is 11.6 Å². The monoisotopic (exact) mass is 382 g/mol. The van der Waals surface area contributed by atoms with Crippen LogP contribution in [0.3, 0.4) is 0 Å². The van der Waals surface area contributed by atoms with Crippen molar-refractivity contribution in [3.8, 4) is 5.75 Å². The fraction of sp³-hybridized carbons (Fsp3) is 0.250. The summed E-state index contributed by atoms with van der Waals surface area (Å²) in [4.78, 5) is 38.8. The fourth-order valence-corrected chi connectivity index (χ4v) is 2.54. The molecule has 0 fully saturated rings. The van der Waals surface area contributed by atoms with E-state index in [9.17, 15) is 18.8 Å². The van der Waals surface area contributed by atoms with Crippen LogP contribution in [0.25, 0.3) is 0 Å². The molecule has 1 heterocycles. The number of rotatable bonds is 7. The van der Waals surface area contributed by atoms with E-state index in [1.54, 1.807) is 5.38 Å². The number of hydrogen-bond acceptors (Lipinski definition) is 8. The normalized spacial score (nSPS) is 10.1. The van der Waals surface area contributed by atoms with Gasteiger partial charge in [-0.25, -0.2) is 14.2 Å². The van der Waals surface area contributed by atoms with Gasteiger partial charge in [-0.2, -0.15) is 0 Å². The van der Waals surface area contributed by atoms with Crippen LogP contribution in [0, 0.1) is 5.82 Å². The van der Waals surface area contributed by atoms with E-state index in [-0.39, 0.29) is 22.9 Å². The van der Waals surface area contributed by atoms with Gasteiger partial charge in [0.15, 0.2) is 11.7 Å². The SMILES string of the molecule is COC(=O)Cc1csc(NC(=O)COC(=O)c2ccc(OC)cc2F)n1.